The van der Waals surface area contributed by atoms with E-state index in [0.717, 1.165) is 0 Å². The molecule has 1 aromatic heterocycles. The monoisotopic (exact) mass is 303 g/mol. The van der Waals surface area contributed by atoms with Crippen LogP contribution in [-0.4, -0.2) is 4.98 Å². The molecule has 4 heteroatoms. The van der Waals surface area contributed by atoms with Crippen LogP contribution in [0.25, 0.3) is 0 Å². The molecule has 0 aliphatic rings. The van der Waals surface area contributed by atoms with Crippen molar-refractivity contribution in [2.75, 3.05) is 0 Å². The van der Waals surface area contributed by atoms with E-state index in [1.807, 2.05) is 0 Å². The molecule has 0 aliphatic carbocycles. The van der Waals surface area contributed by atoms with Gasteiger partial charge in [0, 0.05) is 5.15 Å². The van der Waals surface area contributed by atoms with Gasteiger partial charge in [0.25, 0.3) is 0 Å². The number of hydrogen-bond acceptors (Lipinski definition) is 1. The number of nitrogens with zero attached hydrogens (tertiary/aromatic N) is 1. The van der Waals surface area contributed by atoms with E-state index >= 15 is 0 Å². The minimum atomic E-state index is 0.419. The van der Waals surface area contributed by atoms with Crippen LogP contribution in [0, 0.1) is 6.07 Å². The Morgan fingerprint density at radius 2 is 2.33 bits per heavy atom. The first-order chi connectivity index (χ1) is 4.39. The maximum atomic E-state index is 5.37. The fraction of sp³-hybridized carbons (Fsp3) is 0. The summed E-state index contributed by atoms with van der Waals surface area (Å²) in [5.74, 6) is 0. The van der Waals surface area contributed by atoms with Gasteiger partial charge in [-0.25, -0.2) is 12.1 Å². The molecule has 1 rings (SSSR count). The van der Waals surface area contributed by atoms with E-state index in [4.69, 9.17) is 11.6 Å². The number of pyridine rings is 1. The Hall–Kier alpha value is 0.793. The average Bonchev–Trinajstić information content (AvgIpc) is 1.94. The zero-order valence-electron chi connectivity index (χ0n) is 4.64. The molecule has 0 N–H and O–H groups in total. The van der Waals surface area contributed by atoms with E-state index in [9.17, 15) is 0 Å². The van der Waals surface area contributed by atoms with Crippen LogP contribution in [0.4, 0.5) is 0 Å². The SMILES string of the molecule is Clc1[c-]cccn1.[Zn+][I]. The molecule has 0 aromatic carbocycles. The molecule has 1 heterocycles. The predicted octanol–water partition coefficient (Wildman–Crippen LogP) is 2.42. The molecule has 0 amide bonds. The molecule has 0 aliphatic heterocycles. The predicted molar refractivity (Wildman–Crippen MR) is 42.1 cm³/mol. The van der Waals surface area contributed by atoms with Crippen LogP contribution in [0.15, 0.2) is 18.3 Å². The molecular formula is C5H3ClINZn. The third-order valence-electron chi connectivity index (χ3n) is 0.573. The van der Waals surface area contributed by atoms with Crippen LogP contribution in [0.2, 0.25) is 5.15 Å². The van der Waals surface area contributed by atoms with Gasteiger partial charge in [-0.2, -0.15) is 6.07 Å². The van der Waals surface area contributed by atoms with Crippen LogP contribution >= 0.6 is 31.4 Å². The Balaban J connectivity index is 0.000000291. The third-order valence-corrected chi connectivity index (χ3v) is 0.779. The summed E-state index contributed by atoms with van der Waals surface area (Å²) in [4.78, 5) is 3.69. The number of halogens is 2. The summed E-state index contributed by atoms with van der Waals surface area (Å²) in [6.07, 6.45) is 1.62. The van der Waals surface area contributed by atoms with Gasteiger partial charge >= 0.3 is 34.5 Å². The van der Waals surface area contributed by atoms with Crippen molar-refractivity contribution in [1.29, 1.82) is 0 Å². The Kier molecular flexibility index (Phi) is 7.52. The van der Waals surface area contributed by atoms with Crippen molar-refractivity contribution in [3.8, 4) is 0 Å². The van der Waals surface area contributed by atoms with E-state index in [1.165, 1.54) is 14.8 Å². The van der Waals surface area contributed by atoms with Crippen molar-refractivity contribution in [2.24, 2.45) is 0 Å². The Bertz CT molecular complexity index is 147. The fourth-order valence-electron chi connectivity index (χ4n) is 0.306. The molecule has 0 saturated carbocycles. The number of hydrogen-bond donors (Lipinski definition) is 0. The van der Waals surface area contributed by atoms with Crippen molar-refractivity contribution in [3.05, 3.63) is 29.5 Å². The molecule has 9 heavy (non-hydrogen) atoms. The zero-order valence-corrected chi connectivity index (χ0v) is 10.5. The van der Waals surface area contributed by atoms with Crippen molar-refractivity contribution in [1.82, 2.24) is 4.98 Å². The molecule has 0 fully saturated rings. The zero-order chi connectivity index (χ0) is 7.11. The summed E-state index contributed by atoms with van der Waals surface area (Å²) in [7, 11) is 0. The number of rotatable bonds is 0. The molecule has 44 valence electrons. The van der Waals surface area contributed by atoms with Gasteiger partial charge in [0.05, 0.1) is 0 Å². The summed E-state index contributed by atoms with van der Waals surface area (Å²) in [6.45, 7) is 0. The first-order valence-corrected chi connectivity index (χ1v) is 11.6. The molecule has 0 bridgehead atoms. The average molecular weight is 305 g/mol. The van der Waals surface area contributed by atoms with Gasteiger partial charge in [-0.05, 0) is 0 Å². The number of aromatic nitrogens is 1. The van der Waals surface area contributed by atoms with E-state index in [0.29, 0.717) is 5.15 Å². The molecule has 0 saturated heterocycles. The Morgan fingerprint density at radius 3 is 2.56 bits per heavy atom. The van der Waals surface area contributed by atoms with Gasteiger partial charge in [-0.1, -0.05) is 17.8 Å². The van der Waals surface area contributed by atoms with Crippen LogP contribution < -0.4 is 0 Å². The van der Waals surface area contributed by atoms with Gasteiger partial charge < -0.3 is 0 Å². The fourth-order valence-corrected chi connectivity index (χ4v) is 0.425. The normalized spacial score (nSPS) is 7.56. The third kappa shape index (κ3) is 5.25. The first kappa shape index (κ1) is 9.79. The summed E-state index contributed by atoms with van der Waals surface area (Å²) in [5, 5.41) is 0.419. The van der Waals surface area contributed by atoms with Crippen LogP contribution in [0.3, 0.4) is 0 Å². The van der Waals surface area contributed by atoms with Gasteiger partial charge in [0.2, 0.25) is 0 Å². The second kappa shape index (κ2) is 6.91. The van der Waals surface area contributed by atoms with Crippen molar-refractivity contribution in [3.63, 3.8) is 0 Å². The second-order valence-electron chi connectivity index (χ2n) is 1.07. The minimum absolute atomic E-state index is 0.419. The molecule has 0 radical (unpaired) electrons. The standard InChI is InChI=1S/C5H3ClN.HI.Zn/c6-5-3-1-2-4-7-5;;/h1-2,4H;1H;/q-1;;+2/p-1. The molecule has 0 unspecified atom stereocenters. The van der Waals surface area contributed by atoms with Gasteiger partial charge in [0.1, 0.15) is 0 Å². The van der Waals surface area contributed by atoms with Crippen LogP contribution in [-0.2, 0) is 14.8 Å². The van der Waals surface area contributed by atoms with Gasteiger partial charge in [-0.3, -0.25) is 4.98 Å². The molecule has 1 aromatic rings. The molecular weight excluding hydrogens is 302 g/mol. The van der Waals surface area contributed by atoms with E-state index < -0.39 is 0 Å². The Labute approximate surface area is 80.1 Å². The Morgan fingerprint density at radius 1 is 1.67 bits per heavy atom. The maximum absolute atomic E-state index is 5.37. The van der Waals surface area contributed by atoms with Crippen molar-refractivity contribution < 1.29 is 14.8 Å². The summed E-state index contributed by atoms with van der Waals surface area (Å²) >= 11 is 8.99. The molecule has 0 atom stereocenters. The molecule has 1 nitrogen and oxygen atoms in total. The van der Waals surface area contributed by atoms with Crippen molar-refractivity contribution in [2.45, 2.75) is 0 Å². The second-order valence-corrected chi connectivity index (χ2v) is 1.43. The topological polar surface area (TPSA) is 12.9 Å². The van der Waals surface area contributed by atoms with Crippen LogP contribution in [0.5, 0.6) is 0 Å². The van der Waals surface area contributed by atoms with E-state index in [1.54, 1.807) is 18.3 Å². The van der Waals surface area contributed by atoms with E-state index in [2.05, 4.69) is 30.8 Å². The quantitative estimate of drug-likeness (QED) is 0.310. The van der Waals surface area contributed by atoms with E-state index in [-0.39, 0.29) is 0 Å². The summed E-state index contributed by atoms with van der Waals surface area (Å²) in [5.41, 5.74) is 0. The summed E-state index contributed by atoms with van der Waals surface area (Å²) < 4.78 is 0. The summed E-state index contributed by atoms with van der Waals surface area (Å²) in [6, 6.07) is 6.17. The van der Waals surface area contributed by atoms with Crippen molar-refractivity contribution >= 4 is 31.4 Å². The van der Waals surface area contributed by atoms with Gasteiger partial charge in [-0.15, -0.1) is 0 Å². The van der Waals surface area contributed by atoms with Crippen LogP contribution in [0.1, 0.15) is 0 Å². The van der Waals surface area contributed by atoms with Gasteiger partial charge in [0.15, 0.2) is 0 Å². The molecule has 0 spiro atoms. The first-order valence-electron chi connectivity index (χ1n) is 2.14.